The number of allylic oxidation sites excluding steroid dienone is 1. The Morgan fingerprint density at radius 3 is 2.53 bits per heavy atom. The summed E-state index contributed by atoms with van der Waals surface area (Å²) in [5, 5.41) is 8.85. The number of hydrogen-bond acceptors (Lipinski definition) is 1. The second kappa shape index (κ2) is 7.46. The average Bonchev–Trinajstić information content (AvgIpc) is 2.34. The fraction of sp³-hybridized carbons (Fsp3) is 0.467. The first-order valence-corrected chi connectivity index (χ1v) is 9.75. The molecule has 0 amide bonds. The smallest absolute Gasteiger partial charge is 0.0714 e. The second-order valence-electron chi connectivity index (χ2n) is 5.24. The fourth-order valence-electron chi connectivity index (χ4n) is 1.92. The maximum atomic E-state index is 8.85. The first-order chi connectivity index (χ1) is 8.14. The van der Waals surface area contributed by atoms with Crippen molar-refractivity contribution in [3.05, 3.63) is 47.7 Å². The molecule has 2 heteroatoms. The highest BCUT2D eigenvalue weighted by atomic mass is 28.3. The lowest BCUT2D eigenvalue weighted by molar-refractivity contribution is 0.294. The molecule has 1 aromatic rings. The highest BCUT2D eigenvalue weighted by Crippen LogP contribution is 2.14. The van der Waals surface area contributed by atoms with Crippen molar-refractivity contribution in [1.82, 2.24) is 0 Å². The molecular weight excluding hydrogens is 224 g/mol. The predicted molar refractivity (Wildman–Crippen MR) is 77.9 cm³/mol. The lowest BCUT2D eigenvalue weighted by Crippen LogP contribution is -2.22. The van der Waals surface area contributed by atoms with Crippen LogP contribution in [0.15, 0.2) is 42.1 Å². The third-order valence-corrected chi connectivity index (χ3v) is 5.77. The van der Waals surface area contributed by atoms with Crippen molar-refractivity contribution in [1.29, 1.82) is 0 Å². The summed E-state index contributed by atoms with van der Waals surface area (Å²) in [6.07, 6.45) is 5.53. The van der Waals surface area contributed by atoms with Crippen LogP contribution in [0.5, 0.6) is 0 Å². The van der Waals surface area contributed by atoms with Crippen LogP contribution in [-0.2, 0) is 6.42 Å². The molecule has 0 aromatic heterocycles. The third-order valence-electron chi connectivity index (χ3n) is 2.99. The van der Waals surface area contributed by atoms with Crippen LogP contribution in [0.25, 0.3) is 0 Å². The number of rotatable bonds is 7. The Morgan fingerprint density at radius 2 is 1.88 bits per heavy atom. The quantitative estimate of drug-likeness (QED) is 0.728. The molecule has 94 valence electrons. The van der Waals surface area contributed by atoms with Gasteiger partial charge in [0.25, 0.3) is 0 Å². The maximum Gasteiger partial charge on any atom is 0.0714 e. The minimum atomic E-state index is -1.20. The van der Waals surface area contributed by atoms with Gasteiger partial charge in [0, 0.05) is 6.61 Å². The number of benzene rings is 1. The standard InChI is InChI=1S/C15H24OSi/c1-17(2,14-8-12-16)13-7-6-11-15-9-4-3-5-10-15/h3-5,7,9-10,13,16H,6,8,11-12,14H2,1-2H3/b13-7+. The van der Waals surface area contributed by atoms with Gasteiger partial charge in [-0.2, -0.15) is 0 Å². The Balaban J connectivity index is 2.30. The zero-order valence-corrected chi connectivity index (χ0v) is 12.0. The Morgan fingerprint density at radius 1 is 1.18 bits per heavy atom. The molecule has 0 aliphatic heterocycles. The van der Waals surface area contributed by atoms with Crippen molar-refractivity contribution < 1.29 is 5.11 Å². The van der Waals surface area contributed by atoms with Crippen LogP contribution in [0.3, 0.4) is 0 Å². The molecule has 0 saturated carbocycles. The summed E-state index contributed by atoms with van der Waals surface area (Å²) in [5.41, 5.74) is 3.83. The van der Waals surface area contributed by atoms with Gasteiger partial charge in [-0.1, -0.05) is 61.2 Å². The minimum Gasteiger partial charge on any atom is -0.396 e. The van der Waals surface area contributed by atoms with Gasteiger partial charge in [-0.3, -0.25) is 0 Å². The highest BCUT2D eigenvalue weighted by Gasteiger charge is 2.15. The van der Waals surface area contributed by atoms with Gasteiger partial charge in [-0.15, -0.1) is 0 Å². The second-order valence-corrected chi connectivity index (χ2v) is 10.1. The van der Waals surface area contributed by atoms with E-state index in [9.17, 15) is 0 Å². The molecule has 17 heavy (non-hydrogen) atoms. The van der Waals surface area contributed by atoms with E-state index >= 15 is 0 Å². The third kappa shape index (κ3) is 6.44. The van der Waals surface area contributed by atoms with Gasteiger partial charge < -0.3 is 5.11 Å². The van der Waals surface area contributed by atoms with Crippen LogP contribution in [0, 0.1) is 0 Å². The van der Waals surface area contributed by atoms with E-state index in [1.54, 1.807) is 0 Å². The summed E-state index contributed by atoms with van der Waals surface area (Å²) in [6.45, 7) is 5.05. The molecule has 0 radical (unpaired) electrons. The van der Waals surface area contributed by atoms with Crippen LogP contribution < -0.4 is 0 Å². The van der Waals surface area contributed by atoms with Crippen molar-refractivity contribution >= 4 is 8.07 Å². The summed E-state index contributed by atoms with van der Waals surface area (Å²) in [5.74, 6) is 0. The molecule has 0 aliphatic carbocycles. The number of aryl methyl sites for hydroxylation is 1. The monoisotopic (exact) mass is 248 g/mol. The van der Waals surface area contributed by atoms with E-state index in [-0.39, 0.29) is 0 Å². The molecule has 0 saturated heterocycles. The van der Waals surface area contributed by atoms with Gasteiger partial charge in [0.05, 0.1) is 8.07 Å². The molecular formula is C15H24OSi. The number of hydrogen-bond donors (Lipinski definition) is 1. The molecule has 0 fully saturated rings. The van der Waals surface area contributed by atoms with Crippen molar-refractivity contribution in [3.8, 4) is 0 Å². The molecule has 1 aromatic carbocycles. The van der Waals surface area contributed by atoms with Crippen molar-refractivity contribution in [3.63, 3.8) is 0 Å². The van der Waals surface area contributed by atoms with E-state index in [4.69, 9.17) is 5.11 Å². The zero-order chi connectivity index (χ0) is 12.6. The lowest BCUT2D eigenvalue weighted by Gasteiger charge is -2.16. The molecule has 0 aliphatic rings. The number of aliphatic hydroxyl groups is 1. The van der Waals surface area contributed by atoms with Crippen LogP contribution in [0.1, 0.15) is 18.4 Å². The SMILES string of the molecule is C[Si](C)(/C=C/CCc1ccccc1)CCCO. The molecule has 0 unspecified atom stereocenters. The molecule has 1 nitrogen and oxygen atoms in total. The van der Waals surface area contributed by atoms with Crippen molar-refractivity contribution in [2.75, 3.05) is 6.61 Å². The fourth-order valence-corrected chi connectivity index (χ4v) is 3.96. The summed E-state index contributed by atoms with van der Waals surface area (Å²) < 4.78 is 0. The normalized spacial score (nSPS) is 12.2. The minimum absolute atomic E-state index is 0.328. The van der Waals surface area contributed by atoms with Crippen LogP contribution in [-0.4, -0.2) is 19.8 Å². The predicted octanol–water partition coefficient (Wildman–Crippen LogP) is 3.81. The Kier molecular flexibility index (Phi) is 6.23. The maximum absolute atomic E-state index is 8.85. The number of aliphatic hydroxyl groups excluding tert-OH is 1. The summed E-state index contributed by atoms with van der Waals surface area (Å²) in [4.78, 5) is 0. The van der Waals surface area contributed by atoms with Crippen molar-refractivity contribution in [2.24, 2.45) is 0 Å². The summed E-state index contributed by atoms with van der Waals surface area (Å²) in [7, 11) is -1.20. The van der Waals surface area contributed by atoms with Crippen LogP contribution >= 0.6 is 0 Å². The topological polar surface area (TPSA) is 20.2 Å². The Bertz CT molecular complexity index is 330. The van der Waals surface area contributed by atoms with Gasteiger partial charge in [0.2, 0.25) is 0 Å². The van der Waals surface area contributed by atoms with Gasteiger partial charge in [0.1, 0.15) is 0 Å². The van der Waals surface area contributed by atoms with Gasteiger partial charge in [0.15, 0.2) is 0 Å². The van der Waals surface area contributed by atoms with E-state index in [1.165, 1.54) is 11.6 Å². The molecule has 1 rings (SSSR count). The summed E-state index contributed by atoms with van der Waals surface area (Å²) in [6, 6.07) is 11.8. The molecule has 0 bridgehead atoms. The average molecular weight is 248 g/mol. The van der Waals surface area contributed by atoms with Crippen LogP contribution in [0.2, 0.25) is 19.1 Å². The lowest BCUT2D eigenvalue weighted by atomic mass is 10.1. The molecule has 0 atom stereocenters. The zero-order valence-electron chi connectivity index (χ0n) is 11.0. The largest absolute Gasteiger partial charge is 0.396 e. The van der Waals surface area contributed by atoms with E-state index in [0.29, 0.717) is 6.61 Å². The Hall–Kier alpha value is -0.863. The highest BCUT2D eigenvalue weighted by molar-refractivity contribution is 6.82. The van der Waals surface area contributed by atoms with E-state index in [0.717, 1.165) is 19.3 Å². The molecule has 1 N–H and O–H groups in total. The van der Waals surface area contributed by atoms with Gasteiger partial charge >= 0.3 is 0 Å². The van der Waals surface area contributed by atoms with Crippen LogP contribution in [0.4, 0.5) is 0 Å². The summed E-state index contributed by atoms with van der Waals surface area (Å²) >= 11 is 0. The first kappa shape index (κ1) is 14.2. The van der Waals surface area contributed by atoms with E-state index < -0.39 is 8.07 Å². The molecule has 0 heterocycles. The van der Waals surface area contributed by atoms with Gasteiger partial charge in [-0.05, 0) is 24.8 Å². The molecule has 0 spiro atoms. The van der Waals surface area contributed by atoms with Crippen molar-refractivity contribution in [2.45, 2.75) is 38.4 Å². The Labute approximate surface area is 106 Å². The van der Waals surface area contributed by atoms with E-state index in [2.05, 4.69) is 55.2 Å². The van der Waals surface area contributed by atoms with E-state index in [1.807, 2.05) is 0 Å². The first-order valence-electron chi connectivity index (χ1n) is 6.46. The van der Waals surface area contributed by atoms with Gasteiger partial charge in [-0.25, -0.2) is 0 Å².